The highest BCUT2D eigenvalue weighted by Gasteiger charge is 2.37. The van der Waals surface area contributed by atoms with Crippen LogP contribution in [0.15, 0.2) is 66.8 Å². The molecular weight excluding hydrogens is 516 g/mol. The standard InChI is InChI=1S/C30H36N2O6S/c1-20-9-12-23(38-24-13-10-22(11-14-24)27-19-28(33)32-39(27,35)36)7-5-6-8-25(20)26-15-16-29(31-21(26)2)37-18-17-30(3,4)34/h5-6,8,10-11,13-16,23,27,34H,1,7,9,12,17-19H2,2-4H3,(H,32,33)/b6-5-,25-8+/t23-,27?/m0/s1. The van der Waals surface area contributed by atoms with E-state index >= 15 is 0 Å². The molecule has 0 saturated carbocycles. The molecule has 2 atom stereocenters. The van der Waals surface area contributed by atoms with Gasteiger partial charge in [0.2, 0.25) is 21.8 Å². The highest BCUT2D eigenvalue weighted by atomic mass is 32.2. The molecule has 1 saturated heterocycles. The summed E-state index contributed by atoms with van der Waals surface area (Å²) in [6, 6.07) is 10.7. The lowest BCUT2D eigenvalue weighted by Gasteiger charge is -2.20. The summed E-state index contributed by atoms with van der Waals surface area (Å²) in [6.07, 6.45) is 8.67. The summed E-state index contributed by atoms with van der Waals surface area (Å²) >= 11 is 0. The molecule has 1 unspecified atom stereocenters. The maximum atomic E-state index is 12.1. The molecule has 0 radical (unpaired) electrons. The first-order valence-corrected chi connectivity index (χ1v) is 14.7. The molecule has 2 heterocycles. The highest BCUT2D eigenvalue weighted by molar-refractivity contribution is 7.90. The van der Waals surface area contributed by atoms with Gasteiger partial charge in [-0.15, -0.1) is 0 Å². The molecule has 1 aromatic heterocycles. The summed E-state index contributed by atoms with van der Waals surface area (Å²) in [5.41, 5.74) is 3.61. The van der Waals surface area contributed by atoms with E-state index in [9.17, 15) is 18.3 Å². The number of hydrogen-bond donors (Lipinski definition) is 2. The predicted octanol–water partition coefficient (Wildman–Crippen LogP) is 4.95. The van der Waals surface area contributed by atoms with Crippen LogP contribution in [0.4, 0.5) is 0 Å². The van der Waals surface area contributed by atoms with Crippen molar-refractivity contribution in [1.82, 2.24) is 9.71 Å². The number of aromatic nitrogens is 1. The Morgan fingerprint density at radius 2 is 1.92 bits per heavy atom. The number of nitrogens with one attached hydrogen (secondary N) is 1. The van der Waals surface area contributed by atoms with E-state index in [2.05, 4.69) is 23.7 Å². The summed E-state index contributed by atoms with van der Waals surface area (Å²) < 4.78 is 38.3. The van der Waals surface area contributed by atoms with Crippen LogP contribution in [0.5, 0.6) is 11.6 Å². The van der Waals surface area contributed by atoms with Gasteiger partial charge in [0.15, 0.2) is 0 Å². The fraction of sp³-hybridized carbons (Fsp3) is 0.400. The molecule has 0 bridgehead atoms. The maximum absolute atomic E-state index is 12.1. The Labute approximate surface area is 230 Å². The molecule has 1 fully saturated rings. The first-order valence-electron chi connectivity index (χ1n) is 13.1. The Hall–Kier alpha value is -3.43. The molecule has 9 heteroatoms. The van der Waals surface area contributed by atoms with Crippen LogP contribution >= 0.6 is 0 Å². The van der Waals surface area contributed by atoms with Gasteiger partial charge in [-0.1, -0.05) is 36.9 Å². The number of allylic oxidation sites excluding steroid dienone is 4. The van der Waals surface area contributed by atoms with Gasteiger partial charge >= 0.3 is 0 Å². The zero-order valence-electron chi connectivity index (χ0n) is 22.6. The smallest absolute Gasteiger partial charge is 0.242 e. The van der Waals surface area contributed by atoms with Gasteiger partial charge in [-0.3, -0.25) is 9.52 Å². The first-order chi connectivity index (χ1) is 18.4. The number of sulfonamides is 1. The summed E-state index contributed by atoms with van der Waals surface area (Å²) in [6.45, 7) is 10.2. The second kappa shape index (κ2) is 11.8. The SMILES string of the molecule is C=C1CC[C@@H](Oc2ccc(C3CC(=O)NS3(=O)=O)cc2)C/C=C\C=C/1c1ccc(OCCC(C)(C)O)nc1C. The summed E-state index contributed by atoms with van der Waals surface area (Å²) in [5, 5.41) is 9.01. The molecule has 39 heavy (non-hydrogen) atoms. The molecule has 2 aliphatic rings. The molecule has 1 aliphatic heterocycles. The van der Waals surface area contributed by atoms with Crippen LogP contribution in [0.2, 0.25) is 0 Å². The molecule has 208 valence electrons. The van der Waals surface area contributed by atoms with E-state index in [1.54, 1.807) is 38.1 Å². The number of hydrogen-bond acceptors (Lipinski definition) is 7. The van der Waals surface area contributed by atoms with Crippen molar-refractivity contribution < 1.29 is 27.8 Å². The molecule has 0 spiro atoms. The number of benzene rings is 1. The van der Waals surface area contributed by atoms with E-state index in [0.717, 1.165) is 35.2 Å². The van der Waals surface area contributed by atoms with Gasteiger partial charge in [-0.25, -0.2) is 13.4 Å². The van der Waals surface area contributed by atoms with Gasteiger partial charge in [0, 0.05) is 30.2 Å². The number of nitrogens with zero attached hydrogens (tertiary/aromatic N) is 1. The van der Waals surface area contributed by atoms with Gasteiger partial charge in [-0.2, -0.15) is 0 Å². The Bertz CT molecular complexity index is 1390. The average Bonchev–Trinajstić information content (AvgIpc) is 3.17. The van der Waals surface area contributed by atoms with Crippen LogP contribution in [0.3, 0.4) is 0 Å². The quantitative estimate of drug-likeness (QED) is 0.476. The van der Waals surface area contributed by atoms with Crippen molar-refractivity contribution in [2.45, 2.75) is 69.8 Å². The van der Waals surface area contributed by atoms with Crippen LogP contribution < -0.4 is 14.2 Å². The molecule has 1 aromatic carbocycles. The maximum Gasteiger partial charge on any atom is 0.242 e. The first kappa shape index (κ1) is 28.6. The average molecular weight is 553 g/mol. The lowest BCUT2D eigenvalue weighted by atomic mass is 9.94. The summed E-state index contributed by atoms with van der Waals surface area (Å²) in [5.74, 6) is 0.687. The minimum atomic E-state index is -3.68. The van der Waals surface area contributed by atoms with Gasteiger partial charge in [0.1, 0.15) is 17.1 Å². The number of carbonyl (C=O) groups is 1. The Morgan fingerprint density at radius 1 is 1.18 bits per heavy atom. The van der Waals surface area contributed by atoms with Crippen molar-refractivity contribution in [3.05, 3.63) is 83.6 Å². The van der Waals surface area contributed by atoms with Gasteiger partial charge in [0.05, 0.1) is 18.6 Å². The highest BCUT2D eigenvalue weighted by Crippen LogP contribution is 2.33. The fourth-order valence-corrected chi connectivity index (χ4v) is 6.03. The molecule has 8 nitrogen and oxygen atoms in total. The predicted molar refractivity (Wildman–Crippen MR) is 151 cm³/mol. The van der Waals surface area contributed by atoms with Crippen LogP contribution in [-0.4, -0.2) is 42.7 Å². The van der Waals surface area contributed by atoms with E-state index in [1.165, 1.54) is 0 Å². The number of amides is 1. The fourth-order valence-electron chi connectivity index (χ4n) is 4.60. The number of aliphatic hydroxyl groups is 1. The Morgan fingerprint density at radius 3 is 2.56 bits per heavy atom. The molecular formula is C30H36N2O6S. The normalized spacial score (nSPS) is 23.5. The monoisotopic (exact) mass is 552 g/mol. The Balaban J connectivity index is 1.38. The van der Waals surface area contributed by atoms with E-state index in [4.69, 9.17) is 9.47 Å². The second-order valence-corrected chi connectivity index (χ2v) is 12.5. The largest absolute Gasteiger partial charge is 0.490 e. The van der Waals surface area contributed by atoms with Crippen molar-refractivity contribution in [1.29, 1.82) is 0 Å². The van der Waals surface area contributed by atoms with Crippen LogP contribution in [0.25, 0.3) is 5.57 Å². The lowest BCUT2D eigenvalue weighted by Crippen LogP contribution is -2.22. The second-order valence-electron chi connectivity index (χ2n) is 10.7. The van der Waals surface area contributed by atoms with Crippen molar-refractivity contribution in [3.8, 4) is 11.6 Å². The third kappa shape index (κ3) is 7.58. The number of aryl methyl sites for hydroxylation is 1. The van der Waals surface area contributed by atoms with Gasteiger partial charge in [-0.05, 0) is 68.5 Å². The van der Waals surface area contributed by atoms with Crippen LogP contribution in [-0.2, 0) is 14.8 Å². The van der Waals surface area contributed by atoms with Crippen molar-refractivity contribution in [3.63, 3.8) is 0 Å². The number of carbonyl (C=O) groups excluding carboxylic acids is 1. The van der Waals surface area contributed by atoms with E-state index in [0.29, 0.717) is 36.6 Å². The minimum absolute atomic E-state index is 0.0692. The molecule has 2 aromatic rings. The van der Waals surface area contributed by atoms with E-state index in [-0.39, 0.29) is 12.5 Å². The van der Waals surface area contributed by atoms with Crippen molar-refractivity contribution >= 4 is 21.5 Å². The van der Waals surface area contributed by atoms with Crippen molar-refractivity contribution in [2.75, 3.05) is 6.61 Å². The third-order valence-electron chi connectivity index (χ3n) is 6.82. The Kier molecular flexibility index (Phi) is 8.61. The van der Waals surface area contributed by atoms with E-state index < -0.39 is 26.8 Å². The van der Waals surface area contributed by atoms with Gasteiger partial charge < -0.3 is 14.6 Å². The zero-order valence-corrected chi connectivity index (χ0v) is 23.5. The van der Waals surface area contributed by atoms with Gasteiger partial charge in [0.25, 0.3) is 0 Å². The molecule has 1 amide bonds. The zero-order chi connectivity index (χ0) is 28.2. The number of rotatable bonds is 8. The van der Waals surface area contributed by atoms with E-state index in [1.807, 2.05) is 29.9 Å². The van der Waals surface area contributed by atoms with Crippen LogP contribution in [0.1, 0.15) is 68.0 Å². The molecule has 2 N–H and O–H groups in total. The number of pyridine rings is 1. The topological polar surface area (TPSA) is 115 Å². The third-order valence-corrected chi connectivity index (χ3v) is 8.52. The number of ether oxygens (including phenoxy) is 2. The van der Waals surface area contributed by atoms with Crippen molar-refractivity contribution in [2.24, 2.45) is 0 Å². The lowest BCUT2D eigenvalue weighted by molar-refractivity contribution is -0.118. The minimum Gasteiger partial charge on any atom is -0.490 e. The summed E-state index contributed by atoms with van der Waals surface area (Å²) in [7, 11) is -3.68. The molecule has 4 rings (SSSR count). The summed E-state index contributed by atoms with van der Waals surface area (Å²) in [4.78, 5) is 16.2. The van der Waals surface area contributed by atoms with Crippen LogP contribution in [0, 0.1) is 6.92 Å². The molecule has 1 aliphatic carbocycles.